The van der Waals surface area contributed by atoms with Gasteiger partial charge in [-0.3, -0.25) is 5.10 Å². The zero-order valence-corrected chi connectivity index (χ0v) is 9.98. The first kappa shape index (κ1) is 11.1. The summed E-state index contributed by atoms with van der Waals surface area (Å²) in [5.41, 5.74) is 2.26. The molecule has 0 saturated carbocycles. The average Bonchev–Trinajstić information content (AvgIpc) is 2.92. The van der Waals surface area contributed by atoms with Crippen LogP contribution in [0.4, 0.5) is 0 Å². The van der Waals surface area contributed by atoms with Crippen LogP contribution in [-0.2, 0) is 13.1 Å². The first-order valence-electron chi connectivity index (χ1n) is 5.99. The third-order valence-corrected chi connectivity index (χ3v) is 2.81. The van der Waals surface area contributed by atoms with E-state index in [1.807, 2.05) is 24.3 Å². The van der Waals surface area contributed by atoms with Crippen LogP contribution in [0.5, 0.6) is 11.5 Å². The second-order valence-electron chi connectivity index (χ2n) is 4.16. The molecular formula is C13H15N3O2. The largest absolute Gasteiger partial charge is 0.486 e. The van der Waals surface area contributed by atoms with Crippen molar-refractivity contribution in [3.63, 3.8) is 0 Å². The van der Waals surface area contributed by atoms with Gasteiger partial charge >= 0.3 is 0 Å². The molecule has 3 rings (SSSR count). The molecule has 1 aromatic heterocycles. The van der Waals surface area contributed by atoms with Crippen LogP contribution < -0.4 is 14.8 Å². The molecule has 0 atom stereocenters. The number of aromatic nitrogens is 2. The lowest BCUT2D eigenvalue weighted by atomic mass is 10.2. The molecule has 2 heterocycles. The highest BCUT2D eigenvalue weighted by Gasteiger charge is 2.11. The van der Waals surface area contributed by atoms with Crippen LogP contribution >= 0.6 is 0 Å². The molecule has 94 valence electrons. The number of H-pyrrole nitrogens is 1. The summed E-state index contributed by atoms with van der Waals surface area (Å²) in [5, 5.41) is 10.2. The van der Waals surface area contributed by atoms with E-state index >= 15 is 0 Å². The number of ether oxygens (including phenoxy) is 2. The number of nitrogens with zero attached hydrogens (tertiary/aromatic N) is 1. The van der Waals surface area contributed by atoms with Gasteiger partial charge < -0.3 is 14.8 Å². The molecule has 0 amide bonds. The zero-order chi connectivity index (χ0) is 12.2. The van der Waals surface area contributed by atoms with Crippen LogP contribution in [-0.4, -0.2) is 23.4 Å². The SMILES string of the molecule is c1cc(CNCc2ccc3c(c2)OCCO3)[nH]n1. The summed E-state index contributed by atoms with van der Waals surface area (Å²) in [6, 6.07) is 7.99. The van der Waals surface area contributed by atoms with E-state index in [9.17, 15) is 0 Å². The second kappa shape index (κ2) is 5.10. The van der Waals surface area contributed by atoms with Crippen molar-refractivity contribution in [1.29, 1.82) is 0 Å². The number of hydrogen-bond acceptors (Lipinski definition) is 4. The van der Waals surface area contributed by atoms with E-state index in [1.54, 1.807) is 6.20 Å². The van der Waals surface area contributed by atoms with Crippen molar-refractivity contribution in [2.24, 2.45) is 0 Å². The number of hydrogen-bond donors (Lipinski definition) is 2. The minimum Gasteiger partial charge on any atom is -0.486 e. The molecule has 0 spiro atoms. The molecule has 2 aromatic rings. The Labute approximate surface area is 105 Å². The molecule has 0 unspecified atom stereocenters. The van der Waals surface area contributed by atoms with Gasteiger partial charge in [-0.1, -0.05) is 6.07 Å². The van der Waals surface area contributed by atoms with Gasteiger partial charge in [-0.15, -0.1) is 0 Å². The van der Waals surface area contributed by atoms with Crippen molar-refractivity contribution in [3.8, 4) is 11.5 Å². The van der Waals surface area contributed by atoms with Gasteiger partial charge in [0.15, 0.2) is 11.5 Å². The van der Waals surface area contributed by atoms with Crippen molar-refractivity contribution in [1.82, 2.24) is 15.5 Å². The molecule has 0 bridgehead atoms. The molecule has 5 nitrogen and oxygen atoms in total. The van der Waals surface area contributed by atoms with E-state index < -0.39 is 0 Å². The maximum Gasteiger partial charge on any atom is 0.161 e. The second-order valence-corrected chi connectivity index (χ2v) is 4.16. The molecule has 0 aliphatic carbocycles. The number of aromatic amines is 1. The van der Waals surface area contributed by atoms with Crippen LogP contribution in [0.15, 0.2) is 30.5 Å². The smallest absolute Gasteiger partial charge is 0.161 e. The summed E-state index contributed by atoms with van der Waals surface area (Å²) >= 11 is 0. The lowest BCUT2D eigenvalue weighted by Crippen LogP contribution is -2.16. The van der Waals surface area contributed by atoms with Crippen molar-refractivity contribution in [3.05, 3.63) is 41.7 Å². The van der Waals surface area contributed by atoms with Crippen LogP contribution in [0.1, 0.15) is 11.3 Å². The summed E-state index contributed by atoms with van der Waals surface area (Å²) in [7, 11) is 0. The van der Waals surface area contributed by atoms with Gasteiger partial charge in [-0.25, -0.2) is 0 Å². The minimum atomic E-state index is 0.623. The van der Waals surface area contributed by atoms with Gasteiger partial charge in [0.25, 0.3) is 0 Å². The third-order valence-electron chi connectivity index (χ3n) is 2.81. The number of nitrogens with one attached hydrogen (secondary N) is 2. The van der Waals surface area contributed by atoms with Gasteiger partial charge in [0, 0.05) is 25.0 Å². The monoisotopic (exact) mass is 245 g/mol. The van der Waals surface area contributed by atoms with E-state index in [0.717, 1.165) is 30.3 Å². The van der Waals surface area contributed by atoms with E-state index in [4.69, 9.17) is 9.47 Å². The Bertz CT molecular complexity index is 511. The molecule has 0 saturated heterocycles. The Morgan fingerprint density at radius 1 is 1.11 bits per heavy atom. The molecule has 1 aliphatic heterocycles. The zero-order valence-electron chi connectivity index (χ0n) is 9.98. The van der Waals surface area contributed by atoms with Gasteiger partial charge in [-0.2, -0.15) is 5.10 Å². The fraction of sp³-hybridized carbons (Fsp3) is 0.308. The highest BCUT2D eigenvalue weighted by atomic mass is 16.6. The predicted molar refractivity (Wildman–Crippen MR) is 66.6 cm³/mol. The molecule has 1 aromatic carbocycles. The lowest BCUT2D eigenvalue weighted by Gasteiger charge is -2.18. The standard InChI is InChI=1S/C13H15N3O2/c1-2-12-13(18-6-5-17-12)7-10(1)8-14-9-11-3-4-15-16-11/h1-4,7,14H,5-6,8-9H2,(H,15,16). The Morgan fingerprint density at radius 2 is 2.00 bits per heavy atom. The predicted octanol–water partition coefficient (Wildman–Crippen LogP) is 1.47. The number of fused-ring (bicyclic) bond motifs is 1. The Balaban J connectivity index is 1.59. The Morgan fingerprint density at radius 3 is 2.83 bits per heavy atom. The fourth-order valence-corrected chi connectivity index (χ4v) is 1.92. The molecule has 1 aliphatic rings. The first-order valence-corrected chi connectivity index (χ1v) is 5.99. The molecule has 2 N–H and O–H groups in total. The van der Waals surface area contributed by atoms with E-state index in [0.29, 0.717) is 13.2 Å². The summed E-state index contributed by atoms with van der Waals surface area (Å²) in [5.74, 6) is 1.67. The number of rotatable bonds is 4. The van der Waals surface area contributed by atoms with Gasteiger partial charge in [-0.05, 0) is 23.8 Å². The van der Waals surface area contributed by atoms with Crippen LogP contribution in [0, 0.1) is 0 Å². The third kappa shape index (κ3) is 2.46. The quantitative estimate of drug-likeness (QED) is 0.856. The van der Waals surface area contributed by atoms with E-state index in [-0.39, 0.29) is 0 Å². The van der Waals surface area contributed by atoms with Crippen molar-refractivity contribution in [2.75, 3.05) is 13.2 Å². The maximum atomic E-state index is 5.55. The summed E-state index contributed by atoms with van der Waals surface area (Å²) < 4.78 is 11.0. The van der Waals surface area contributed by atoms with Crippen LogP contribution in [0.2, 0.25) is 0 Å². The summed E-state index contributed by atoms with van der Waals surface area (Å²) in [6.45, 7) is 2.81. The first-order chi connectivity index (χ1) is 8.92. The van der Waals surface area contributed by atoms with E-state index in [2.05, 4.69) is 15.5 Å². The fourth-order valence-electron chi connectivity index (χ4n) is 1.92. The minimum absolute atomic E-state index is 0.623. The highest BCUT2D eigenvalue weighted by molar-refractivity contribution is 5.43. The van der Waals surface area contributed by atoms with Crippen molar-refractivity contribution in [2.45, 2.75) is 13.1 Å². The number of benzene rings is 1. The highest BCUT2D eigenvalue weighted by Crippen LogP contribution is 2.30. The average molecular weight is 245 g/mol. The normalized spacial score (nSPS) is 13.6. The van der Waals surface area contributed by atoms with Crippen LogP contribution in [0.3, 0.4) is 0 Å². The topological polar surface area (TPSA) is 59.2 Å². The summed E-state index contributed by atoms with van der Waals surface area (Å²) in [4.78, 5) is 0. The van der Waals surface area contributed by atoms with Gasteiger partial charge in [0.05, 0.1) is 0 Å². The summed E-state index contributed by atoms with van der Waals surface area (Å²) in [6.07, 6.45) is 1.75. The Hall–Kier alpha value is -2.01. The van der Waals surface area contributed by atoms with E-state index in [1.165, 1.54) is 5.56 Å². The Kier molecular flexibility index (Phi) is 3.14. The van der Waals surface area contributed by atoms with Gasteiger partial charge in [0.1, 0.15) is 13.2 Å². The van der Waals surface area contributed by atoms with Crippen LogP contribution in [0.25, 0.3) is 0 Å². The molecule has 18 heavy (non-hydrogen) atoms. The van der Waals surface area contributed by atoms with Gasteiger partial charge in [0.2, 0.25) is 0 Å². The molecule has 0 radical (unpaired) electrons. The maximum absolute atomic E-state index is 5.55. The lowest BCUT2D eigenvalue weighted by molar-refractivity contribution is 0.171. The molecular weight excluding hydrogens is 230 g/mol. The van der Waals surface area contributed by atoms with Crippen molar-refractivity contribution >= 4 is 0 Å². The molecule has 0 fully saturated rings. The van der Waals surface area contributed by atoms with Crippen molar-refractivity contribution < 1.29 is 9.47 Å². The molecule has 5 heteroatoms.